The van der Waals surface area contributed by atoms with Gasteiger partial charge in [-0.05, 0) is 45.8 Å². The summed E-state index contributed by atoms with van der Waals surface area (Å²) in [6.07, 6.45) is 4.59. The summed E-state index contributed by atoms with van der Waals surface area (Å²) >= 11 is 3.43. The molecule has 0 saturated heterocycles. The number of nitrogens with zero attached hydrogens (tertiary/aromatic N) is 1. The van der Waals surface area contributed by atoms with Crippen molar-refractivity contribution in [3.63, 3.8) is 0 Å². The molecule has 1 rings (SSSR count). The summed E-state index contributed by atoms with van der Waals surface area (Å²) in [6, 6.07) is 2.38. The lowest BCUT2D eigenvalue weighted by Crippen LogP contribution is -2.43. The molecule has 1 aromatic rings. The zero-order chi connectivity index (χ0) is 12.1. The molecule has 2 unspecified atom stereocenters. The Labute approximate surface area is 106 Å². The third-order valence-corrected chi connectivity index (χ3v) is 3.55. The van der Waals surface area contributed by atoms with Crippen molar-refractivity contribution in [3.8, 4) is 0 Å². The van der Waals surface area contributed by atoms with Crippen LogP contribution in [0.2, 0.25) is 0 Å². The Balaban J connectivity index is 2.70. The molecule has 16 heavy (non-hydrogen) atoms. The van der Waals surface area contributed by atoms with E-state index in [2.05, 4.69) is 53.2 Å². The maximum Gasteiger partial charge on any atom is 0.0410 e. The fourth-order valence-corrected chi connectivity index (χ4v) is 2.09. The third kappa shape index (κ3) is 3.85. The van der Waals surface area contributed by atoms with Crippen molar-refractivity contribution >= 4 is 15.9 Å². The van der Waals surface area contributed by atoms with Crippen molar-refractivity contribution in [2.45, 2.75) is 33.2 Å². The molecule has 0 saturated carbocycles. The monoisotopic (exact) mass is 285 g/mol. The molecule has 3 N–H and O–H groups in total. The molecule has 0 amide bonds. The van der Waals surface area contributed by atoms with Gasteiger partial charge >= 0.3 is 0 Å². The van der Waals surface area contributed by atoms with Gasteiger partial charge in [-0.25, -0.2) is 0 Å². The van der Waals surface area contributed by atoms with Gasteiger partial charge in [0, 0.05) is 22.9 Å². The van der Waals surface area contributed by atoms with E-state index in [-0.39, 0.29) is 6.04 Å². The van der Waals surface area contributed by atoms with Gasteiger partial charge in [0.25, 0.3) is 0 Å². The molecule has 1 heterocycles. The number of hydrazine groups is 1. The van der Waals surface area contributed by atoms with Crippen LogP contribution in [0.25, 0.3) is 0 Å². The van der Waals surface area contributed by atoms with E-state index in [1.807, 2.05) is 6.20 Å². The van der Waals surface area contributed by atoms with Gasteiger partial charge in [-0.3, -0.25) is 16.3 Å². The van der Waals surface area contributed by atoms with E-state index in [0.29, 0.717) is 11.8 Å². The average molecular weight is 286 g/mol. The summed E-state index contributed by atoms with van der Waals surface area (Å²) in [5.74, 6) is 6.76. The van der Waals surface area contributed by atoms with Crippen LogP contribution in [0, 0.1) is 11.8 Å². The van der Waals surface area contributed by atoms with Crippen LogP contribution in [0.15, 0.2) is 22.9 Å². The summed E-state index contributed by atoms with van der Waals surface area (Å²) in [4.78, 5) is 4.16. The van der Waals surface area contributed by atoms with Crippen LogP contribution in [-0.2, 0) is 6.42 Å². The van der Waals surface area contributed by atoms with Crippen LogP contribution in [0.3, 0.4) is 0 Å². The highest BCUT2D eigenvalue weighted by Crippen LogP contribution is 2.18. The first-order valence-corrected chi connectivity index (χ1v) is 6.39. The molecule has 0 aliphatic rings. The van der Waals surface area contributed by atoms with Gasteiger partial charge in [0.2, 0.25) is 0 Å². The second-order valence-corrected chi connectivity index (χ2v) is 5.51. The van der Waals surface area contributed by atoms with Gasteiger partial charge < -0.3 is 0 Å². The third-order valence-electron chi connectivity index (χ3n) is 3.12. The second kappa shape index (κ2) is 6.33. The van der Waals surface area contributed by atoms with Crippen LogP contribution >= 0.6 is 15.9 Å². The lowest BCUT2D eigenvalue weighted by atomic mass is 9.87. The molecule has 0 bridgehead atoms. The van der Waals surface area contributed by atoms with Crippen molar-refractivity contribution in [1.82, 2.24) is 10.4 Å². The molecule has 4 heteroatoms. The minimum Gasteiger partial charge on any atom is -0.271 e. The average Bonchev–Trinajstić information content (AvgIpc) is 2.25. The zero-order valence-electron chi connectivity index (χ0n) is 10.1. The predicted octanol–water partition coefficient (Wildman–Crippen LogP) is 2.51. The normalized spacial score (nSPS) is 15.1. The Morgan fingerprint density at radius 3 is 2.56 bits per heavy atom. The van der Waals surface area contributed by atoms with E-state index >= 15 is 0 Å². The Hall–Kier alpha value is -0.450. The Bertz CT molecular complexity index is 328. The first-order chi connectivity index (χ1) is 7.54. The molecule has 0 radical (unpaired) electrons. The molecule has 0 aliphatic heterocycles. The van der Waals surface area contributed by atoms with Gasteiger partial charge in [0.05, 0.1) is 0 Å². The van der Waals surface area contributed by atoms with Gasteiger partial charge in [-0.15, -0.1) is 0 Å². The molecular formula is C12H20BrN3. The summed E-state index contributed by atoms with van der Waals surface area (Å²) < 4.78 is 1.01. The van der Waals surface area contributed by atoms with Crippen LogP contribution in [0.4, 0.5) is 0 Å². The smallest absolute Gasteiger partial charge is 0.0410 e. The summed E-state index contributed by atoms with van der Waals surface area (Å²) in [7, 11) is 0. The fraction of sp³-hybridized carbons (Fsp3) is 0.583. The highest BCUT2D eigenvalue weighted by atomic mass is 79.9. The standard InChI is InChI=1S/C12H20BrN3/c1-8(2)9(3)12(16-14)5-10-4-11(13)7-15-6-10/h4,6-9,12,16H,5,14H2,1-3H3. The maximum absolute atomic E-state index is 5.62. The quantitative estimate of drug-likeness (QED) is 0.646. The van der Waals surface area contributed by atoms with E-state index in [1.54, 1.807) is 6.20 Å². The molecule has 0 aliphatic carbocycles. The Morgan fingerprint density at radius 2 is 2.06 bits per heavy atom. The largest absolute Gasteiger partial charge is 0.271 e. The SMILES string of the molecule is CC(C)C(C)C(Cc1cncc(Br)c1)NN. The topological polar surface area (TPSA) is 50.9 Å². The summed E-state index contributed by atoms with van der Waals surface area (Å²) in [5, 5.41) is 0. The lowest BCUT2D eigenvalue weighted by molar-refractivity contribution is 0.299. The van der Waals surface area contributed by atoms with Crippen LogP contribution in [-0.4, -0.2) is 11.0 Å². The summed E-state index contributed by atoms with van der Waals surface area (Å²) in [5.41, 5.74) is 4.11. The van der Waals surface area contributed by atoms with Crippen molar-refractivity contribution in [2.24, 2.45) is 17.7 Å². The van der Waals surface area contributed by atoms with Crippen LogP contribution in [0.1, 0.15) is 26.3 Å². The number of nitrogens with one attached hydrogen (secondary N) is 1. The number of hydrogen-bond donors (Lipinski definition) is 2. The lowest BCUT2D eigenvalue weighted by Gasteiger charge is -2.26. The van der Waals surface area contributed by atoms with Crippen molar-refractivity contribution < 1.29 is 0 Å². The van der Waals surface area contributed by atoms with E-state index in [0.717, 1.165) is 10.9 Å². The van der Waals surface area contributed by atoms with Crippen LogP contribution in [0.5, 0.6) is 0 Å². The van der Waals surface area contributed by atoms with Gasteiger partial charge in [-0.1, -0.05) is 20.8 Å². The molecule has 0 fully saturated rings. The minimum atomic E-state index is 0.288. The highest BCUT2D eigenvalue weighted by molar-refractivity contribution is 9.10. The van der Waals surface area contributed by atoms with E-state index < -0.39 is 0 Å². The second-order valence-electron chi connectivity index (χ2n) is 4.59. The van der Waals surface area contributed by atoms with Crippen molar-refractivity contribution in [2.75, 3.05) is 0 Å². The first kappa shape index (κ1) is 13.6. The minimum absolute atomic E-state index is 0.288. The summed E-state index contributed by atoms with van der Waals surface area (Å²) in [6.45, 7) is 6.66. The van der Waals surface area contributed by atoms with E-state index in [4.69, 9.17) is 5.84 Å². The van der Waals surface area contributed by atoms with Crippen molar-refractivity contribution in [1.29, 1.82) is 0 Å². The molecule has 0 aromatic carbocycles. The first-order valence-electron chi connectivity index (χ1n) is 5.60. The Morgan fingerprint density at radius 1 is 1.38 bits per heavy atom. The van der Waals surface area contributed by atoms with E-state index in [9.17, 15) is 0 Å². The fourth-order valence-electron chi connectivity index (χ4n) is 1.68. The van der Waals surface area contributed by atoms with Gasteiger partial charge in [0.15, 0.2) is 0 Å². The van der Waals surface area contributed by atoms with Crippen LogP contribution < -0.4 is 11.3 Å². The van der Waals surface area contributed by atoms with Gasteiger partial charge in [-0.2, -0.15) is 0 Å². The number of halogens is 1. The predicted molar refractivity (Wildman–Crippen MR) is 70.8 cm³/mol. The molecular weight excluding hydrogens is 266 g/mol. The number of pyridine rings is 1. The number of rotatable bonds is 5. The molecule has 90 valence electrons. The maximum atomic E-state index is 5.62. The molecule has 2 atom stereocenters. The Kier molecular flexibility index (Phi) is 5.38. The molecule has 1 aromatic heterocycles. The van der Waals surface area contributed by atoms with E-state index in [1.165, 1.54) is 5.56 Å². The van der Waals surface area contributed by atoms with Crippen molar-refractivity contribution in [3.05, 3.63) is 28.5 Å². The molecule has 0 spiro atoms. The number of aromatic nitrogens is 1. The zero-order valence-corrected chi connectivity index (χ0v) is 11.7. The highest BCUT2D eigenvalue weighted by Gasteiger charge is 2.19. The molecule has 3 nitrogen and oxygen atoms in total. The number of hydrogen-bond acceptors (Lipinski definition) is 3. The van der Waals surface area contributed by atoms with Gasteiger partial charge in [0.1, 0.15) is 0 Å². The number of nitrogens with two attached hydrogens (primary N) is 1.